The zero-order valence-electron chi connectivity index (χ0n) is 13.9. The van der Waals surface area contributed by atoms with Gasteiger partial charge in [-0.15, -0.1) is 0 Å². The first-order valence-corrected chi connectivity index (χ1v) is 9.71. The lowest BCUT2D eigenvalue weighted by Crippen LogP contribution is -2.39. The van der Waals surface area contributed by atoms with E-state index >= 15 is 0 Å². The molecule has 1 aromatic rings. The molecule has 0 bridgehead atoms. The van der Waals surface area contributed by atoms with Crippen LogP contribution in [0.15, 0.2) is 29.3 Å². The third kappa shape index (κ3) is 5.51. The normalized spacial score (nSPS) is 15.9. The van der Waals surface area contributed by atoms with Crippen molar-refractivity contribution in [3.05, 3.63) is 35.4 Å². The zero-order valence-corrected chi connectivity index (χ0v) is 14.7. The summed E-state index contributed by atoms with van der Waals surface area (Å²) >= 11 is 0. The summed E-state index contributed by atoms with van der Waals surface area (Å²) in [6.45, 7) is 5.55. The number of nitrogens with one attached hydrogen (secondary N) is 2. The molecule has 0 aliphatic carbocycles. The molecular formula is C16H26N4O2S. The molecule has 0 aromatic heterocycles. The summed E-state index contributed by atoms with van der Waals surface area (Å²) in [5.74, 6) is 0.936. The number of likely N-dealkylation sites (tertiary alicyclic amines) is 1. The molecule has 0 unspecified atom stereocenters. The Morgan fingerprint density at radius 1 is 1.26 bits per heavy atom. The van der Waals surface area contributed by atoms with Crippen molar-refractivity contribution >= 4 is 16.0 Å². The van der Waals surface area contributed by atoms with E-state index in [9.17, 15) is 8.42 Å². The molecule has 0 atom stereocenters. The van der Waals surface area contributed by atoms with Gasteiger partial charge >= 0.3 is 0 Å². The average molecular weight is 338 g/mol. The third-order valence-corrected chi connectivity index (χ3v) is 5.15. The van der Waals surface area contributed by atoms with Crippen molar-refractivity contribution in [3.8, 4) is 0 Å². The molecule has 1 aliphatic rings. The summed E-state index contributed by atoms with van der Waals surface area (Å²) in [6.07, 6.45) is 2.42. The molecule has 0 amide bonds. The Kier molecular flexibility index (Phi) is 6.41. The quantitative estimate of drug-likeness (QED) is 0.606. The van der Waals surface area contributed by atoms with Gasteiger partial charge in [0.1, 0.15) is 0 Å². The molecule has 1 heterocycles. The predicted molar refractivity (Wildman–Crippen MR) is 93.7 cm³/mol. The lowest BCUT2D eigenvalue weighted by Gasteiger charge is -2.20. The summed E-state index contributed by atoms with van der Waals surface area (Å²) < 4.78 is 25.6. The number of benzene rings is 1. The highest BCUT2D eigenvalue weighted by molar-refractivity contribution is 7.88. The number of guanidine groups is 1. The summed E-state index contributed by atoms with van der Waals surface area (Å²) in [7, 11) is -1.82. The van der Waals surface area contributed by atoms with Gasteiger partial charge in [0.25, 0.3) is 0 Å². The SMILES string of the molecule is CCNC(=NCc1cccc(CS(=O)(=O)NC)c1)N1CCCC1. The highest BCUT2D eigenvalue weighted by Crippen LogP contribution is 2.11. The first-order chi connectivity index (χ1) is 11.0. The van der Waals surface area contributed by atoms with E-state index in [1.807, 2.05) is 24.3 Å². The number of hydrogen-bond acceptors (Lipinski definition) is 3. The smallest absolute Gasteiger partial charge is 0.215 e. The fourth-order valence-corrected chi connectivity index (χ4v) is 3.39. The van der Waals surface area contributed by atoms with Crippen molar-refractivity contribution in [2.24, 2.45) is 4.99 Å². The van der Waals surface area contributed by atoms with E-state index in [2.05, 4.69) is 26.9 Å². The van der Waals surface area contributed by atoms with Gasteiger partial charge in [0.15, 0.2) is 5.96 Å². The second-order valence-electron chi connectivity index (χ2n) is 5.65. The van der Waals surface area contributed by atoms with Crippen LogP contribution in [-0.2, 0) is 22.3 Å². The topological polar surface area (TPSA) is 73.8 Å². The maximum atomic E-state index is 11.6. The average Bonchev–Trinajstić information content (AvgIpc) is 3.05. The van der Waals surface area contributed by atoms with Crippen molar-refractivity contribution in [2.45, 2.75) is 32.1 Å². The van der Waals surface area contributed by atoms with Gasteiger partial charge in [0.05, 0.1) is 12.3 Å². The van der Waals surface area contributed by atoms with Crippen molar-refractivity contribution in [3.63, 3.8) is 0 Å². The summed E-state index contributed by atoms with van der Waals surface area (Å²) in [6, 6.07) is 7.60. The van der Waals surface area contributed by atoms with Gasteiger partial charge in [0.2, 0.25) is 10.0 Å². The lowest BCUT2D eigenvalue weighted by atomic mass is 10.1. The molecule has 0 spiro atoms. The summed E-state index contributed by atoms with van der Waals surface area (Å²) in [5.41, 5.74) is 1.79. The fourth-order valence-electron chi connectivity index (χ4n) is 2.63. The molecule has 1 aliphatic heterocycles. The van der Waals surface area contributed by atoms with Crippen molar-refractivity contribution in [1.29, 1.82) is 0 Å². The Labute approximate surface area is 139 Å². The number of nitrogens with zero attached hydrogens (tertiary/aromatic N) is 2. The molecule has 6 nitrogen and oxygen atoms in total. The van der Waals surface area contributed by atoms with Gasteiger partial charge in [-0.3, -0.25) is 0 Å². The second-order valence-corrected chi connectivity index (χ2v) is 7.57. The second kappa shape index (κ2) is 8.31. The Morgan fingerprint density at radius 3 is 2.61 bits per heavy atom. The Morgan fingerprint density at radius 2 is 1.96 bits per heavy atom. The van der Waals surface area contributed by atoms with Gasteiger partial charge in [-0.2, -0.15) is 0 Å². The van der Waals surface area contributed by atoms with Gasteiger partial charge in [-0.1, -0.05) is 24.3 Å². The molecule has 2 N–H and O–H groups in total. The molecule has 0 radical (unpaired) electrons. The summed E-state index contributed by atoms with van der Waals surface area (Å²) in [4.78, 5) is 6.97. The molecular weight excluding hydrogens is 312 g/mol. The largest absolute Gasteiger partial charge is 0.357 e. The molecule has 7 heteroatoms. The van der Waals surface area contributed by atoms with E-state index in [4.69, 9.17) is 0 Å². The van der Waals surface area contributed by atoms with Crippen molar-refractivity contribution in [2.75, 3.05) is 26.7 Å². The maximum absolute atomic E-state index is 11.6. The van der Waals surface area contributed by atoms with Gasteiger partial charge in [0, 0.05) is 19.6 Å². The molecule has 1 fully saturated rings. The van der Waals surface area contributed by atoms with E-state index in [0.717, 1.165) is 36.7 Å². The van der Waals surface area contributed by atoms with Crippen LogP contribution in [0.1, 0.15) is 30.9 Å². The minimum absolute atomic E-state index is 0.00670. The molecule has 1 saturated heterocycles. The van der Waals surface area contributed by atoms with Crippen LogP contribution in [0.5, 0.6) is 0 Å². The standard InChI is InChI=1S/C16H26N4O2S/c1-3-18-16(20-9-4-5-10-20)19-12-14-7-6-8-15(11-14)13-23(21,22)17-2/h6-8,11,17H,3-5,9-10,12-13H2,1-2H3,(H,18,19). The van der Waals surface area contributed by atoms with Crippen molar-refractivity contribution < 1.29 is 8.42 Å². The van der Waals surface area contributed by atoms with Crippen LogP contribution in [0, 0.1) is 0 Å². The molecule has 1 aromatic carbocycles. The highest BCUT2D eigenvalue weighted by atomic mass is 32.2. The van der Waals surface area contributed by atoms with Gasteiger partial charge in [-0.25, -0.2) is 18.1 Å². The van der Waals surface area contributed by atoms with E-state index in [-0.39, 0.29) is 5.75 Å². The van der Waals surface area contributed by atoms with Crippen LogP contribution in [-0.4, -0.2) is 46.0 Å². The number of rotatable bonds is 6. The van der Waals surface area contributed by atoms with Crippen LogP contribution in [0.2, 0.25) is 0 Å². The maximum Gasteiger partial charge on any atom is 0.215 e. The predicted octanol–water partition coefficient (Wildman–Crippen LogP) is 1.30. The Bertz CT molecular complexity index is 637. The zero-order chi connectivity index (χ0) is 16.7. The molecule has 23 heavy (non-hydrogen) atoms. The number of aliphatic imine (C=N–C) groups is 1. The Hall–Kier alpha value is -1.60. The molecule has 2 rings (SSSR count). The van der Waals surface area contributed by atoms with E-state index in [1.165, 1.54) is 19.9 Å². The van der Waals surface area contributed by atoms with Crippen molar-refractivity contribution in [1.82, 2.24) is 14.9 Å². The van der Waals surface area contributed by atoms with E-state index < -0.39 is 10.0 Å². The number of sulfonamides is 1. The van der Waals surface area contributed by atoms with E-state index in [0.29, 0.717) is 6.54 Å². The Balaban J connectivity index is 2.07. The molecule has 0 saturated carbocycles. The number of hydrogen-bond donors (Lipinski definition) is 2. The van der Waals surface area contributed by atoms with Gasteiger partial charge in [-0.05, 0) is 37.9 Å². The first-order valence-electron chi connectivity index (χ1n) is 8.06. The third-order valence-electron chi connectivity index (χ3n) is 3.81. The van der Waals surface area contributed by atoms with E-state index in [1.54, 1.807) is 0 Å². The van der Waals surface area contributed by atoms with Crippen LogP contribution in [0.25, 0.3) is 0 Å². The first kappa shape index (κ1) is 17.7. The molecule has 128 valence electrons. The highest BCUT2D eigenvalue weighted by Gasteiger charge is 2.15. The van der Waals surface area contributed by atoms with Crippen LogP contribution < -0.4 is 10.0 Å². The minimum atomic E-state index is -3.25. The summed E-state index contributed by atoms with van der Waals surface area (Å²) in [5, 5.41) is 3.33. The lowest BCUT2D eigenvalue weighted by molar-refractivity contribution is 0.493. The van der Waals surface area contributed by atoms with Crippen LogP contribution >= 0.6 is 0 Å². The van der Waals surface area contributed by atoms with Gasteiger partial charge < -0.3 is 10.2 Å². The fraction of sp³-hybridized carbons (Fsp3) is 0.562. The van der Waals surface area contributed by atoms with Crippen LogP contribution in [0.3, 0.4) is 0 Å². The minimum Gasteiger partial charge on any atom is -0.357 e. The monoisotopic (exact) mass is 338 g/mol. The van der Waals surface area contributed by atoms with Crippen LogP contribution in [0.4, 0.5) is 0 Å².